The number of benzene rings is 1. The van der Waals surface area contributed by atoms with Gasteiger partial charge in [-0.15, -0.1) is 5.54 Å². The van der Waals surface area contributed by atoms with Crippen LogP contribution in [0.3, 0.4) is 0 Å². The largest absolute Gasteiger partial charge is 0.379 e. The molecule has 0 saturated carbocycles. The third-order valence-electron chi connectivity index (χ3n) is 6.18. The Labute approximate surface area is 167 Å². The Morgan fingerprint density at radius 1 is 1.04 bits per heavy atom. The second-order valence-corrected chi connectivity index (χ2v) is 14.3. The zero-order valence-electron chi connectivity index (χ0n) is 18.1. The van der Waals surface area contributed by atoms with Gasteiger partial charge in [0.2, 0.25) is 0 Å². The van der Waals surface area contributed by atoms with E-state index in [9.17, 15) is 0 Å². The third kappa shape index (κ3) is 5.45. The number of morpholine rings is 1. The number of hydrogen-bond donors (Lipinski definition) is 1. The van der Waals surface area contributed by atoms with Gasteiger partial charge in [0.1, 0.15) is 8.07 Å². The van der Waals surface area contributed by atoms with E-state index < -0.39 is 8.07 Å². The van der Waals surface area contributed by atoms with Gasteiger partial charge in [0.25, 0.3) is 0 Å². The molecule has 2 rings (SSSR count). The fraction of sp³-hybridized carbons (Fsp3) is 0.652. The van der Waals surface area contributed by atoms with Gasteiger partial charge in [-0.2, -0.15) is 0 Å². The molecule has 0 aliphatic carbocycles. The standard InChI is InChI=1S/C23H38N2OSi/c1-18(2)27(19(3)4,20(5)6)15-10-21-8-7-9-22(16-21)17-23(24)25-11-13-26-14-12-25/h7-9,16,18-20,23H,11-14,17,24H2,1-6H3. The number of hydrogen-bond acceptors (Lipinski definition) is 3. The minimum atomic E-state index is -1.69. The molecular formula is C23H38N2OSi. The summed E-state index contributed by atoms with van der Waals surface area (Å²) in [5.74, 6) is 3.56. The maximum atomic E-state index is 6.43. The van der Waals surface area contributed by atoms with Crippen molar-refractivity contribution in [2.24, 2.45) is 5.73 Å². The van der Waals surface area contributed by atoms with Crippen LogP contribution in [0.1, 0.15) is 52.7 Å². The molecule has 3 nitrogen and oxygen atoms in total. The van der Waals surface area contributed by atoms with Crippen molar-refractivity contribution in [2.75, 3.05) is 26.3 Å². The minimum Gasteiger partial charge on any atom is -0.379 e. The van der Waals surface area contributed by atoms with Gasteiger partial charge >= 0.3 is 0 Å². The highest BCUT2D eigenvalue weighted by molar-refractivity contribution is 6.90. The van der Waals surface area contributed by atoms with Crippen molar-refractivity contribution >= 4 is 8.07 Å². The van der Waals surface area contributed by atoms with Gasteiger partial charge in [-0.05, 0) is 34.3 Å². The van der Waals surface area contributed by atoms with Crippen LogP contribution in [0.15, 0.2) is 24.3 Å². The van der Waals surface area contributed by atoms with Crippen LogP contribution in [0.2, 0.25) is 16.6 Å². The summed E-state index contributed by atoms with van der Waals surface area (Å²) in [4.78, 5) is 2.32. The predicted octanol–water partition coefficient (Wildman–Crippen LogP) is 4.42. The molecule has 0 spiro atoms. The average Bonchev–Trinajstić information content (AvgIpc) is 2.62. The number of nitrogens with two attached hydrogens (primary N) is 1. The average molecular weight is 387 g/mol. The lowest BCUT2D eigenvalue weighted by molar-refractivity contribution is 0.0179. The lowest BCUT2D eigenvalue weighted by atomic mass is 10.1. The van der Waals surface area contributed by atoms with Crippen LogP contribution < -0.4 is 5.73 Å². The lowest BCUT2D eigenvalue weighted by Crippen LogP contribution is -2.49. The van der Waals surface area contributed by atoms with E-state index in [1.54, 1.807) is 0 Å². The molecule has 1 heterocycles. The smallest absolute Gasteiger partial charge is 0.146 e. The van der Waals surface area contributed by atoms with Crippen LogP contribution in [0.5, 0.6) is 0 Å². The Hall–Kier alpha value is -1.12. The summed E-state index contributed by atoms with van der Waals surface area (Å²) in [7, 11) is -1.69. The van der Waals surface area contributed by atoms with E-state index in [0.29, 0.717) is 16.6 Å². The van der Waals surface area contributed by atoms with E-state index in [4.69, 9.17) is 10.5 Å². The molecule has 1 atom stereocenters. The predicted molar refractivity (Wildman–Crippen MR) is 118 cm³/mol. The maximum Gasteiger partial charge on any atom is 0.146 e. The normalized spacial score (nSPS) is 17.3. The van der Waals surface area contributed by atoms with E-state index in [1.807, 2.05) is 0 Å². The Bertz CT molecular complexity index is 632. The van der Waals surface area contributed by atoms with Crippen molar-refractivity contribution in [2.45, 2.75) is 70.8 Å². The van der Waals surface area contributed by atoms with Crippen LogP contribution in [0.25, 0.3) is 0 Å². The topological polar surface area (TPSA) is 38.5 Å². The SMILES string of the molecule is CC(C)[Si](C#Cc1cccc(CC(N)N2CCOCC2)c1)(C(C)C)C(C)C. The molecule has 1 aliphatic rings. The highest BCUT2D eigenvalue weighted by atomic mass is 28.3. The first-order valence-electron chi connectivity index (χ1n) is 10.5. The quantitative estimate of drug-likeness (QED) is 0.581. The molecule has 1 saturated heterocycles. The third-order valence-corrected chi connectivity index (χ3v) is 12.5. The molecule has 0 amide bonds. The summed E-state index contributed by atoms with van der Waals surface area (Å²) in [5, 5.41) is 0. The molecule has 27 heavy (non-hydrogen) atoms. The van der Waals surface area contributed by atoms with Crippen molar-refractivity contribution in [3.8, 4) is 11.5 Å². The second kappa shape index (κ2) is 9.89. The summed E-state index contributed by atoms with van der Waals surface area (Å²) < 4.78 is 5.43. The van der Waals surface area contributed by atoms with Crippen molar-refractivity contribution in [1.29, 1.82) is 0 Å². The summed E-state index contributed by atoms with van der Waals surface area (Å²) in [6.07, 6.45) is 0.906. The monoisotopic (exact) mass is 386 g/mol. The zero-order valence-corrected chi connectivity index (χ0v) is 19.1. The summed E-state index contributed by atoms with van der Waals surface area (Å²) in [6, 6.07) is 8.66. The number of ether oxygens (including phenoxy) is 1. The van der Waals surface area contributed by atoms with E-state index in [2.05, 4.69) is 82.2 Å². The zero-order chi connectivity index (χ0) is 20.0. The molecule has 1 unspecified atom stereocenters. The van der Waals surface area contributed by atoms with Gasteiger partial charge in [0.15, 0.2) is 0 Å². The molecule has 1 aliphatic heterocycles. The molecule has 0 aromatic heterocycles. The van der Waals surface area contributed by atoms with Gasteiger partial charge < -0.3 is 10.5 Å². The Morgan fingerprint density at radius 2 is 1.63 bits per heavy atom. The first-order valence-corrected chi connectivity index (χ1v) is 12.7. The Balaban J connectivity index is 2.19. The summed E-state index contributed by atoms with van der Waals surface area (Å²) in [5.41, 5.74) is 14.6. The van der Waals surface area contributed by atoms with Crippen LogP contribution >= 0.6 is 0 Å². The minimum absolute atomic E-state index is 0.0487. The van der Waals surface area contributed by atoms with E-state index in [0.717, 1.165) is 38.3 Å². The van der Waals surface area contributed by atoms with Gasteiger partial charge in [-0.25, -0.2) is 0 Å². The molecule has 4 heteroatoms. The molecule has 2 N–H and O–H groups in total. The molecule has 1 aromatic rings. The van der Waals surface area contributed by atoms with Gasteiger partial charge in [-0.3, -0.25) is 4.90 Å². The molecule has 0 radical (unpaired) electrons. The summed E-state index contributed by atoms with van der Waals surface area (Å²) >= 11 is 0. The van der Waals surface area contributed by atoms with E-state index >= 15 is 0 Å². The maximum absolute atomic E-state index is 6.43. The Morgan fingerprint density at radius 3 is 2.19 bits per heavy atom. The van der Waals surface area contributed by atoms with Crippen molar-refractivity contribution in [1.82, 2.24) is 4.90 Å². The van der Waals surface area contributed by atoms with Crippen molar-refractivity contribution in [3.05, 3.63) is 35.4 Å². The highest BCUT2D eigenvalue weighted by Gasteiger charge is 2.41. The molecule has 1 fully saturated rings. The fourth-order valence-electron chi connectivity index (χ4n) is 4.67. The van der Waals surface area contributed by atoms with E-state index in [1.165, 1.54) is 5.56 Å². The van der Waals surface area contributed by atoms with Crippen molar-refractivity contribution in [3.63, 3.8) is 0 Å². The van der Waals surface area contributed by atoms with Crippen LogP contribution in [-0.4, -0.2) is 45.4 Å². The first-order chi connectivity index (χ1) is 12.8. The van der Waals surface area contributed by atoms with Crippen LogP contribution in [0, 0.1) is 11.5 Å². The second-order valence-electron chi connectivity index (χ2n) is 8.77. The number of nitrogens with zero attached hydrogens (tertiary/aromatic N) is 1. The number of rotatable bonds is 6. The molecule has 0 bridgehead atoms. The van der Waals surface area contributed by atoms with Crippen molar-refractivity contribution < 1.29 is 4.74 Å². The molecular weight excluding hydrogens is 348 g/mol. The van der Waals surface area contributed by atoms with Gasteiger partial charge in [-0.1, -0.05) is 59.6 Å². The molecule has 150 valence electrons. The van der Waals surface area contributed by atoms with E-state index in [-0.39, 0.29) is 6.17 Å². The molecule has 1 aromatic carbocycles. The Kier molecular flexibility index (Phi) is 8.12. The van der Waals surface area contributed by atoms with Gasteiger partial charge in [0.05, 0.1) is 19.4 Å². The van der Waals surface area contributed by atoms with Crippen LogP contribution in [-0.2, 0) is 11.2 Å². The fourth-order valence-corrected chi connectivity index (χ4v) is 9.90. The first kappa shape index (κ1) is 22.2. The lowest BCUT2D eigenvalue weighted by Gasteiger charge is -2.38. The van der Waals surface area contributed by atoms with Crippen LogP contribution in [0.4, 0.5) is 0 Å². The highest BCUT2D eigenvalue weighted by Crippen LogP contribution is 2.40. The summed E-state index contributed by atoms with van der Waals surface area (Å²) in [6.45, 7) is 17.6. The van der Waals surface area contributed by atoms with Gasteiger partial charge in [0, 0.05) is 25.1 Å².